The topological polar surface area (TPSA) is 84.8 Å². The van der Waals surface area contributed by atoms with Crippen molar-refractivity contribution in [2.45, 2.75) is 24.3 Å². The minimum Gasteiger partial charge on any atom is -0.382 e. The van der Waals surface area contributed by atoms with Gasteiger partial charge in [-0.2, -0.15) is 0 Å². The lowest BCUT2D eigenvalue weighted by Gasteiger charge is -2.11. The zero-order valence-corrected chi connectivity index (χ0v) is 13.8. The van der Waals surface area contributed by atoms with Crippen molar-refractivity contribution >= 4 is 21.6 Å². The summed E-state index contributed by atoms with van der Waals surface area (Å²) in [6.07, 6.45) is -0.738. The van der Waals surface area contributed by atoms with Gasteiger partial charge in [-0.3, -0.25) is 4.79 Å². The minimum atomic E-state index is -3.94. The van der Waals surface area contributed by atoms with Crippen molar-refractivity contribution in [2.75, 3.05) is 0 Å². The summed E-state index contributed by atoms with van der Waals surface area (Å²) in [6, 6.07) is 15.7. The monoisotopic (exact) mass is 344 g/mol. The molecule has 1 unspecified atom stereocenters. The van der Waals surface area contributed by atoms with Crippen LogP contribution in [-0.2, 0) is 19.7 Å². The Kier molecular flexibility index (Phi) is 4.35. The molecule has 1 N–H and O–H groups in total. The van der Waals surface area contributed by atoms with Crippen molar-refractivity contribution < 1.29 is 18.0 Å². The molecule has 1 atom stereocenters. The lowest BCUT2D eigenvalue weighted by atomic mass is 10.1. The fraction of sp³-hybridized carbons (Fsp3) is 0.176. The van der Waals surface area contributed by atoms with Gasteiger partial charge in [0.2, 0.25) is 6.10 Å². The van der Waals surface area contributed by atoms with Gasteiger partial charge in [0.1, 0.15) is 0 Å². The third-order valence-electron chi connectivity index (χ3n) is 3.69. The molecule has 0 radical (unpaired) electrons. The van der Waals surface area contributed by atoms with Gasteiger partial charge in [-0.05, 0) is 24.1 Å². The van der Waals surface area contributed by atoms with Crippen LogP contribution in [0.25, 0.3) is 0 Å². The lowest BCUT2D eigenvalue weighted by Crippen LogP contribution is -2.39. The molecule has 0 bridgehead atoms. The lowest BCUT2D eigenvalue weighted by molar-refractivity contribution is -0.129. The standard InChI is InChI=1S/C17H16N2O4S/c1-12-7-5-6-10-16(12)24(21,22)19-17(20)15-11-14(18-23-15)13-8-3-2-4-9-13/h2-10,15H,11H2,1H3,(H,19,20). The summed E-state index contributed by atoms with van der Waals surface area (Å²) in [4.78, 5) is 17.4. The molecule has 7 heteroatoms. The van der Waals surface area contributed by atoms with Crippen molar-refractivity contribution in [3.63, 3.8) is 0 Å². The first-order valence-corrected chi connectivity index (χ1v) is 8.86. The van der Waals surface area contributed by atoms with Crippen LogP contribution >= 0.6 is 0 Å². The molecule has 0 saturated carbocycles. The number of amides is 1. The molecular weight excluding hydrogens is 328 g/mol. The summed E-state index contributed by atoms with van der Waals surface area (Å²) in [6.45, 7) is 1.67. The van der Waals surface area contributed by atoms with Crippen LogP contribution in [0.4, 0.5) is 0 Å². The fourth-order valence-electron chi connectivity index (χ4n) is 2.43. The maximum Gasteiger partial charge on any atom is 0.278 e. The summed E-state index contributed by atoms with van der Waals surface area (Å²) in [7, 11) is -3.94. The van der Waals surface area contributed by atoms with Gasteiger partial charge in [-0.25, -0.2) is 13.1 Å². The largest absolute Gasteiger partial charge is 0.382 e. The van der Waals surface area contributed by atoms with Crippen molar-refractivity contribution in [3.05, 3.63) is 65.7 Å². The summed E-state index contributed by atoms with van der Waals surface area (Å²) in [5.41, 5.74) is 2.02. The number of nitrogens with one attached hydrogen (secondary N) is 1. The molecule has 6 nitrogen and oxygen atoms in total. The van der Waals surface area contributed by atoms with E-state index in [1.54, 1.807) is 25.1 Å². The van der Waals surface area contributed by atoms with Gasteiger partial charge >= 0.3 is 0 Å². The second-order valence-corrected chi connectivity index (χ2v) is 7.09. The zero-order chi connectivity index (χ0) is 17.2. The second-order valence-electron chi connectivity index (χ2n) is 5.44. The van der Waals surface area contributed by atoms with E-state index in [2.05, 4.69) is 9.88 Å². The maximum atomic E-state index is 12.3. The molecule has 0 aliphatic carbocycles. The molecule has 1 amide bonds. The highest BCUT2D eigenvalue weighted by Gasteiger charge is 2.32. The van der Waals surface area contributed by atoms with Gasteiger partial charge in [-0.15, -0.1) is 0 Å². The molecule has 2 aromatic carbocycles. The summed E-state index contributed by atoms with van der Waals surface area (Å²) < 4.78 is 26.8. The van der Waals surface area contributed by atoms with Crippen LogP contribution in [0.2, 0.25) is 0 Å². The van der Waals surface area contributed by atoms with E-state index < -0.39 is 22.0 Å². The normalized spacial score (nSPS) is 17.0. The van der Waals surface area contributed by atoms with Gasteiger partial charge in [0.15, 0.2) is 0 Å². The molecule has 124 valence electrons. The SMILES string of the molecule is Cc1ccccc1S(=O)(=O)NC(=O)C1CC(c2ccccc2)=NO1. The highest BCUT2D eigenvalue weighted by atomic mass is 32.2. The Bertz CT molecular complexity index is 892. The van der Waals surface area contributed by atoms with E-state index in [-0.39, 0.29) is 11.3 Å². The molecule has 0 spiro atoms. The van der Waals surface area contributed by atoms with Crippen molar-refractivity contribution in [3.8, 4) is 0 Å². The van der Waals surface area contributed by atoms with Crippen molar-refractivity contribution in [1.82, 2.24) is 4.72 Å². The summed E-state index contributed by atoms with van der Waals surface area (Å²) in [5, 5.41) is 3.89. The molecule has 0 aromatic heterocycles. The smallest absolute Gasteiger partial charge is 0.278 e. The molecular formula is C17H16N2O4S. The maximum absolute atomic E-state index is 12.3. The molecule has 0 fully saturated rings. The number of carbonyl (C=O) groups is 1. The van der Waals surface area contributed by atoms with E-state index in [1.165, 1.54) is 6.07 Å². The summed E-state index contributed by atoms with van der Waals surface area (Å²) >= 11 is 0. The first-order chi connectivity index (χ1) is 11.5. The zero-order valence-electron chi connectivity index (χ0n) is 13.0. The van der Waals surface area contributed by atoms with E-state index in [0.717, 1.165) is 5.56 Å². The number of oxime groups is 1. The first-order valence-electron chi connectivity index (χ1n) is 7.38. The van der Waals surface area contributed by atoms with Gasteiger partial charge in [-0.1, -0.05) is 53.7 Å². The highest BCUT2D eigenvalue weighted by molar-refractivity contribution is 7.90. The second kappa shape index (κ2) is 6.45. The van der Waals surface area contributed by atoms with Crippen LogP contribution in [0.3, 0.4) is 0 Å². The predicted molar refractivity (Wildman–Crippen MR) is 89.0 cm³/mol. The van der Waals surface area contributed by atoms with Gasteiger partial charge in [0.05, 0.1) is 10.6 Å². The Balaban J connectivity index is 1.70. The van der Waals surface area contributed by atoms with E-state index in [9.17, 15) is 13.2 Å². The molecule has 1 aliphatic rings. The number of nitrogens with zero attached hydrogens (tertiary/aromatic N) is 1. The Labute approximate surface area is 140 Å². The third kappa shape index (κ3) is 3.30. The quantitative estimate of drug-likeness (QED) is 0.919. The number of aryl methyl sites for hydroxylation is 1. The van der Waals surface area contributed by atoms with Gasteiger partial charge < -0.3 is 4.84 Å². The Morgan fingerprint density at radius 1 is 1.12 bits per heavy atom. The van der Waals surface area contributed by atoms with E-state index in [4.69, 9.17) is 4.84 Å². The first kappa shape index (κ1) is 16.2. The number of hydrogen-bond acceptors (Lipinski definition) is 5. The van der Waals surface area contributed by atoms with Gasteiger partial charge in [0, 0.05) is 6.42 Å². The van der Waals surface area contributed by atoms with Crippen LogP contribution in [0.5, 0.6) is 0 Å². The Morgan fingerprint density at radius 2 is 1.79 bits per heavy atom. The summed E-state index contributed by atoms with van der Waals surface area (Å²) in [5.74, 6) is -0.729. The van der Waals surface area contributed by atoms with Crippen molar-refractivity contribution in [1.29, 1.82) is 0 Å². The Hall–Kier alpha value is -2.67. The number of sulfonamides is 1. The van der Waals surface area contributed by atoms with E-state index in [1.807, 2.05) is 30.3 Å². The number of carbonyl (C=O) groups excluding carboxylic acids is 1. The van der Waals surface area contributed by atoms with Crippen LogP contribution in [0.15, 0.2) is 64.6 Å². The molecule has 0 saturated heterocycles. The highest BCUT2D eigenvalue weighted by Crippen LogP contribution is 2.18. The minimum absolute atomic E-state index is 0.0700. The van der Waals surface area contributed by atoms with E-state index >= 15 is 0 Å². The molecule has 2 aromatic rings. The van der Waals surface area contributed by atoms with Crippen LogP contribution in [0, 0.1) is 6.92 Å². The fourth-order valence-corrected chi connectivity index (χ4v) is 3.69. The average Bonchev–Trinajstić information content (AvgIpc) is 3.06. The van der Waals surface area contributed by atoms with Crippen LogP contribution in [0.1, 0.15) is 17.5 Å². The van der Waals surface area contributed by atoms with Crippen molar-refractivity contribution in [2.24, 2.45) is 5.16 Å². The predicted octanol–water partition coefficient (Wildman–Crippen LogP) is 1.99. The van der Waals surface area contributed by atoms with E-state index in [0.29, 0.717) is 11.3 Å². The average molecular weight is 344 g/mol. The molecule has 1 heterocycles. The Morgan fingerprint density at radius 3 is 2.50 bits per heavy atom. The van der Waals surface area contributed by atoms with Crippen LogP contribution < -0.4 is 4.72 Å². The third-order valence-corrected chi connectivity index (χ3v) is 5.19. The number of rotatable bonds is 4. The molecule has 24 heavy (non-hydrogen) atoms. The number of benzene rings is 2. The van der Waals surface area contributed by atoms with Crippen LogP contribution in [-0.4, -0.2) is 26.1 Å². The number of hydrogen-bond donors (Lipinski definition) is 1. The van der Waals surface area contributed by atoms with Gasteiger partial charge in [0.25, 0.3) is 15.9 Å². The molecule has 1 aliphatic heterocycles. The molecule has 3 rings (SSSR count).